The summed E-state index contributed by atoms with van der Waals surface area (Å²) in [5.41, 5.74) is -3.70. The number of nitrogens with zero attached hydrogens (tertiary/aromatic N) is 1. The maximum Gasteiger partial charge on any atom is 0.136 e. The van der Waals surface area contributed by atoms with E-state index in [-0.39, 0.29) is 41.4 Å². The topological polar surface area (TPSA) is 101 Å². The third-order valence-corrected chi connectivity index (χ3v) is 11.5. The molecule has 8 heteroatoms. The van der Waals surface area contributed by atoms with Crippen LogP contribution in [0.5, 0.6) is 0 Å². The molecule has 5 saturated carbocycles. The minimum atomic E-state index is -1.55. The zero-order valence-corrected chi connectivity index (χ0v) is 20.6. The standard InChI is InChI=1S/C25H41NO7/c1-6-26-11-22(12-30-2)8-7-16(32-4)24-14-9-13-15(31-3)10-23(28,17(14)18(13)27)25(29,21(24)26)20(33-5)19(22)24/h13-21,27-29H,6-12H2,1-5H3/t13-,14-,15+,16?,17-,18+,19-,20?,21+,22+,23-,24+,25-/m1/s1. The van der Waals surface area contributed by atoms with E-state index in [0.29, 0.717) is 13.0 Å². The predicted molar refractivity (Wildman–Crippen MR) is 119 cm³/mol. The molecule has 7 bridgehead atoms. The minimum Gasteiger partial charge on any atom is -0.392 e. The summed E-state index contributed by atoms with van der Waals surface area (Å²) < 4.78 is 24.2. The van der Waals surface area contributed by atoms with E-state index in [9.17, 15) is 15.3 Å². The first-order valence-electron chi connectivity index (χ1n) is 12.7. The highest BCUT2D eigenvalue weighted by molar-refractivity contribution is 5.41. The smallest absolute Gasteiger partial charge is 0.136 e. The Labute approximate surface area is 196 Å². The average molecular weight is 468 g/mol. The number of aliphatic hydroxyl groups excluding tert-OH is 1. The van der Waals surface area contributed by atoms with Crippen LogP contribution in [0.3, 0.4) is 0 Å². The molecule has 0 aromatic heterocycles. The van der Waals surface area contributed by atoms with Gasteiger partial charge in [0.2, 0.25) is 0 Å². The molecule has 1 spiro atoms. The van der Waals surface area contributed by atoms with Crippen molar-refractivity contribution >= 4 is 0 Å². The molecule has 6 fully saturated rings. The molecule has 1 aliphatic heterocycles. The van der Waals surface area contributed by atoms with Gasteiger partial charge in [0.1, 0.15) is 11.2 Å². The van der Waals surface area contributed by atoms with Crippen molar-refractivity contribution in [2.75, 3.05) is 48.1 Å². The van der Waals surface area contributed by atoms with Crippen LogP contribution in [0.25, 0.3) is 0 Å². The molecule has 1 heterocycles. The van der Waals surface area contributed by atoms with Crippen molar-refractivity contribution in [2.24, 2.45) is 34.5 Å². The van der Waals surface area contributed by atoms with Crippen LogP contribution in [0, 0.1) is 34.5 Å². The highest BCUT2D eigenvalue weighted by atomic mass is 16.5. The summed E-state index contributed by atoms with van der Waals surface area (Å²) >= 11 is 0. The number of likely N-dealkylation sites (N-methyl/N-ethyl adjacent to an activating group) is 1. The van der Waals surface area contributed by atoms with Gasteiger partial charge >= 0.3 is 0 Å². The third kappa shape index (κ3) is 2.20. The van der Waals surface area contributed by atoms with Gasteiger partial charge < -0.3 is 34.3 Å². The van der Waals surface area contributed by atoms with Gasteiger partial charge in [0, 0.05) is 70.0 Å². The second-order valence-electron chi connectivity index (χ2n) is 11.9. The van der Waals surface area contributed by atoms with Crippen LogP contribution < -0.4 is 0 Å². The van der Waals surface area contributed by atoms with Gasteiger partial charge in [-0.25, -0.2) is 0 Å². The number of hydrogen-bond acceptors (Lipinski definition) is 8. The molecule has 188 valence electrons. The van der Waals surface area contributed by atoms with E-state index < -0.39 is 34.7 Å². The zero-order valence-electron chi connectivity index (χ0n) is 20.6. The maximum atomic E-state index is 12.9. The second-order valence-corrected chi connectivity index (χ2v) is 11.9. The lowest BCUT2D eigenvalue weighted by atomic mass is 9.42. The van der Waals surface area contributed by atoms with E-state index in [2.05, 4.69) is 11.8 Å². The zero-order chi connectivity index (χ0) is 23.6. The molecule has 0 aromatic rings. The van der Waals surface area contributed by atoms with Crippen LogP contribution in [0.2, 0.25) is 0 Å². The number of piperidine rings is 1. The molecule has 3 N–H and O–H groups in total. The summed E-state index contributed by atoms with van der Waals surface area (Å²) in [6, 6.07) is -0.312. The highest BCUT2D eigenvalue weighted by Crippen LogP contribution is 2.80. The predicted octanol–water partition coefficient (Wildman–Crippen LogP) is 0.271. The van der Waals surface area contributed by atoms with Crippen LogP contribution in [-0.4, -0.2) is 110 Å². The molecule has 13 atom stereocenters. The Balaban J connectivity index is 1.68. The van der Waals surface area contributed by atoms with Crippen molar-refractivity contribution < 1.29 is 34.3 Å². The third-order valence-electron chi connectivity index (χ3n) is 11.5. The minimum absolute atomic E-state index is 0.00825. The Kier molecular flexibility index (Phi) is 4.99. The van der Waals surface area contributed by atoms with E-state index in [0.717, 1.165) is 32.4 Å². The van der Waals surface area contributed by atoms with Gasteiger partial charge in [-0.2, -0.15) is 0 Å². The van der Waals surface area contributed by atoms with Crippen LogP contribution in [0.1, 0.15) is 32.6 Å². The summed E-state index contributed by atoms with van der Waals surface area (Å²) in [7, 11) is 6.85. The van der Waals surface area contributed by atoms with Crippen molar-refractivity contribution in [3.63, 3.8) is 0 Å². The van der Waals surface area contributed by atoms with Crippen LogP contribution in [0.4, 0.5) is 0 Å². The number of rotatable bonds is 6. The number of fused-ring (bicyclic) bond motifs is 2. The first-order valence-corrected chi connectivity index (χ1v) is 12.7. The first-order chi connectivity index (χ1) is 15.8. The fraction of sp³-hybridized carbons (Fsp3) is 1.00. The number of methoxy groups -OCH3 is 4. The van der Waals surface area contributed by atoms with Gasteiger partial charge in [-0.15, -0.1) is 0 Å². The number of aliphatic hydroxyl groups is 3. The van der Waals surface area contributed by atoms with Gasteiger partial charge in [0.25, 0.3) is 0 Å². The van der Waals surface area contributed by atoms with Crippen LogP contribution in [-0.2, 0) is 18.9 Å². The molecule has 1 saturated heterocycles. The molecular weight excluding hydrogens is 426 g/mol. The van der Waals surface area contributed by atoms with E-state index in [1.165, 1.54) is 0 Å². The molecule has 2 unspecified atom stereocenters. The Hall–Kier alpha value is -0.320. The summed E-state index contributed by atoms with van der Waals surface area (Å²) in [6.07, 6.45) is 1.21. The number of likely N-dealkylation sites (tertiary alicyclic amines) is 1. The molecule has 0 radical (unpaired) electrons. The molecule has 0 amide bonds. The molecule has 6 aliphatic rings. The molecule has 0 aromatic carbocycles. The summed E-state index contributed by atoms with van der Waals surface area (Å²) in [4.78, 5) is 2.38. The average Bonchev–Trinajstić information content (AvgIpc) is 3.16. The quantitative estimate of drug-likeness (QED) is 0.512. The SMILES string of the molecule is CCN1C[C@]2(COC)CCC(OC)[C@@]34[C@@H]5C[C@H]6[C@H](O)[C@@H]5[C@](O)(C[C@@H]6OC)[C@@](O)(C(OC)[C@H]23)[C@@H]14. The van der Waals surface area contributed by atoms with Crippen molar-refractivity contribution in [1.82, 2.24) is 4.90 Å². The Bertz CT molecular complexity index is 814. The molecule has 8 nitrogen and oxygen atoms in total. The van der Waals surface area contributed by atoms with Crippen molar-refractivity contribution in [3.05, 3.63) is 0 Å². The summed E-state index contributed by atoms with van der Waals surface area (Å²) in [5.74, 6) is -0.492. The first kappa shape index (κ1) is 23.1. The molecule has 5 aliphatic carbocycles. The lowest BCUT2D eigenvalue weighted by Crippen LogP contribution is -2.82. The monoisotopic (exact) mass is 467 g/mol. The molecule has 33 heavy (non-hydrogen) atoms. The fourth-order valence-electron chi connectivity index (χ4n) is 11.0. The van der Waals surface area contributed by atoms with Gasteiger partial charge in [-0.1, -0.05) is 6.92 Å². The fourth-order valence-corrected chi connectivity index (χ4v) is 11.0. The number of hydrogen-bond donors (Lipinski definition) is 3. The lowest BCUT2D eigenvalue weighted by molar-refractivity contribution is -0.318. The lowest BCUT2D eigenvalue weighted by Gasteiger charge is -2.70. The van der Waals surface area contributed by atoms with Crippen LogP contribution in [0.15, 0.2) is 0 Å². The van der Waals surface area contributed by atoms with Crippen molar-refractivity contribution in [1.29, 1.82) is 0 Å². The van der Waals surface area contributed by atoms with Gasteiger partial charge in [-0.05, 0) is 31.7 Å². The number of ether oxygens (including phenoxy) is 4. The molecular formula is C25H41NO7. The maximum absolute atomic E-state index is 12.9. The summed E-state index contributed by atoms with van der Waals surface area (Å²) in [6.45, 7) is 4.28. The Morgan fingerprint density at radius 1 is 1.06 bits per heavy atom. The normalized spacial score (nSPS) is 60.9. The van der Waals surface area contributed by atoms with E-state index in [4.69, 9.17) is 18.9 Å². The van der Waals surface area contributed by atoms with Gasteiger partial charge in [0.05, 0.1) is 37.1 Å². The summed E-state index contributed by atoms with van der Waals surface area (Å²) in [5, 5.41) is 37.1. The van der Waals surface area contributed by atoms with Crippen molar-refractivity contribution in [2.45, 2.75) is 74.3 Å². The van der Waals surface area contributed by atoms with E-state index >= 15 is 0 Å². The second kappa shape index (κ2) is 7.13. The van der Waals surface area contributed by atoms with E-state index in [1.54, 1.807) is 28.4 Å². The highest BCUT2D eigenvalue weighted by Gasteiger charge is 2.91. The van der Waals surface area contributed by atoms with Crippen LogP contribution >= 0.6 is 0 Å². The largest absolute Gasteiger partial charge is 0.392 e. The Morgan fingerprint density at radius 2 is 1.82 bits per heavy atom. The van der Waals surface area contributed by atoms with Gasteiger partial charge in [-0.3, -0.25) is 4.90 Å². The Morgan fingerprint density at radius 3 is 2.42 bits per heavy atom. The van der Waals surface area contributed by atoms with Crippen molar-refractivity contribution in [3.8, 4) is 0 Å². The molecule has 6 rings (SSSR count). The van der Waals surface area contributed by atoms with E-state index in [1.807, 2.05) is 0 Å². The van der Waals surface area contributed by atoms with Gasteiger partial charge in [0.15, 0.2) is 0 Å².